The molecule has 3 rings (SSSR count). The quantitative estimate of drug-likeness (QED) is 0.531. The van der Waals surface area contributed by atoms with E-state index in [1.54, 1.807) is 0 Å². The van der Waals surface area contributed by atoms with Gasteiger partial charge in [-0.25, -0.2) is 0 Å². The zero-order valence-corrected chi connectivity index (χ0v) is 8.16. The zero-order valence-electron chi connectivity index (χ0n) is 8.16. The van der Waals surface area contributed by atoms with E-state index in [-0.39, 0.29) is 0 Å². The molecule has 68 valence electrons. The fourth-order valence-electron chi connectivity index (χ4n) is 4.01. The van der Waals surface area contributed by atoms with Crippen molar-refractivity contribution in [3.05, 3.63) is 0 Å². The molecule has 1 saturated carbocycles. The average molecular weight is 165 g/mol. The van der Waals surface area contributed by atoms with Crippen LogP contribution in [0.3, 0.4) is 0 Å². The van der Waals surface area contributed by atoms with E-state index in [1.807, 2.05) is 0 Å². The lowest BCUT2D eigenvalue weighted by Crippen LogP contribution is -2.40. The first kappa shape index (κ1) is 7.37. The summed E-state index contributed by atoms with van der Waals surface area (Å²) in [4.78, 5) is 2.82. The molecule has 2 heterocycles. The molecule has 2 saturated heterocycles. The topological polar surface area (TPSA) is 3.24 Å². The molecule has 0 aromatic heterocycles. The number of rotatable bonds is 0. The third-order valence-corrected chi connectivity index (χ3v) is 4.44. The van der Waals surface area contributed by atoms with E-state index in [0.29, 0.717) is 0 Å². The van der Waals surface area contributed by atoms with Crippen LogP contribution < -0.4 is 0 Å². The summed E-state index contributed by atoms with van der Waals surface area (Å²) in [5, 5.41) is 0. The van der Waals surface area contributed by atoms with Gasteiger partial charge in [0.05, 0.1) is 0 Å². The van der Waals surface area contributed by atoms with E-state index < -0.39 is 0 Å². The van der Waals surface area contributed by atoms with Crippen molar-refractivity contribution in [1.82, 2.24) is 4.90 Å². The second kappa shape index (κ2) is 2.25. The van der Waals surface area contributed by atoms with E-state index >= 15 is 0 Å². The summed E-state index contributed by atoms with van der Waals surface area (Å²) in [6.45, 7) is 6.27. The highest BCUT2D eigenvalue weighted by Gasteiger charge is 2.52. The predicted octanol–water partition coefficient (Wildman–Crippen LogP) is 2.13. The van der Waals surface area contributed by atoms with Gasteiger partial charge in [0.2, 0.25) is 0 Å². The summed E-state index contributed by atoms with van der Waals surface area (Å²) in [6, 6.07) is 1.98. The number of hydrogen-bond donors (Lipinski definition) is 0. The standard InChI is InChI=1S/C11H19N/c1-7-3-11-9-4-8(2)10(5-9)12(11)6-7/h7-11H,3-6H2,1-2H3. The van der Waals surface area contributed by atoms with Crippen molar-refractivity contribution in [2.45, 2.75) is 45.2 Å². The minimum atomic E-state index is 0.977. The van der Waals surface area contributed by atoms with E-state index in [9.17, 15) is 0 Å². The molecule has 2 bridgehead atoms. The number of fused-ring (bicyclic) bond motifs is 5. The molecule has 3 fully saturated rings. The third kappa shape index (κ3) is 0.783. The lowest BCUT2D eigenvalue weighted by Gasteiger charge is -2.33. The molecule has 12 heavy (non-hydrogen) atoms. The van der Waals surface area contributed by atoms with Crippen molar-refractivity contribution in [2.24, 2.45) is 17.8 Å². The second-order valence-corrected chi connectivity index (χ2v) is 5.38. The van der Waals surface area contributed by atoms with Gasteiger partial charge in [-0.1, -0.05) is 13.8 Å². The maximum absolute atomic E-state index is 2.82. The van der Waals surface area contributed by atoms with Gasteiger partial charge in [0.15, 0.2) is 0 Å². The van der Waals surface area contributed by atoms with Crippen LogP contribution in [0.15, 0.2) is 0 Å². The fourth-order valence-corrected chi connectivity index (χ4v) is 4.01. The summed E-state index contributed by atoms with van der Waals surface area (Å²) in [7, 11) is 0. The Hall–Kier alpha value is -0.0400. The smallest absolute Gasteiger partial charge is 0.0130 e. The molecule has 0 spiro atoms. The van der Waals surface area contributed by atoms with E-state index in [2.05, 4.69) is 18.7 Å². The molecule has 3 aliphatic rings. The summed E-state index contributed by atoms with van der Waals surface area (Å²) < 4.78 is 0. The van der Waals surface area contributed by atoms with Crippen molar-refractivity contribution in [3.63, 3.8) is 0 Å². The van der Waals surface area contributed by atoms with Crippen LogP contribution in [0.4, 0.5) is 0 Å². The predicted molar refractivity (Wildman–Crippen MR) is 50.0 cm³/mol. The van der Waals surface area contributed by atoms with Crippen LogP contribution in [-0.2, 0) is 0 Å². The lowest BCUT2D eigenvalue weighted by atomic mass is 9.92. The summed E-state index contributed by atoms with van der Waals surface area (Å²) in [5.74, 6) is 3.05. The Morgan fingerprint density at radius 1 is 1.00 bits per heavy atom. The molecule has 0 aromatic carbocycles. The van der Waals surface area contributed by atoms with Gasteiger partial charge in [0, 0.05) is 18.6 Å². The van der Waals surface area contributed by atoms with E-state index in [1.165, 1.54) is 25.8 Å². The monoisotopic (exact) mass is 165 g/mol. The van der Waals surface area contributed by atoms with Crippen LogP contribution in [0.1, 0.15) is 33.1 Å². The Balaban J connectivity index is 1.86. The lowest BCUT2D eigenvalue weighted by molar-refractivity contribution is 0.142. The second-order valence-electron chi connectivity index (χ2n) is 5.38. The summed E-state index contributed by atoms with van der Waals surface area (Å²) in [5.41, 5.74) is 0. The highest BCUT2D eigenvalue weighted by Crippen LogP contribution is 2.50. The van der Waals surface area contributed by atoms with Gasteiger partial charge >= 0.3 is 0 Å². The molecule has 0 radical (unpaired) electrons. The number of piperidine rings is 1. The van der Waals surface area contributed by atoms with Gasteiger partial charge in [0.1, 0.15) is 0 Å². The van der Waals surface area contributed by atoms with Crippen molar-refractivity contribution >= 4 is 0 Å². The van der Waals surface area contributed by atoms with Crippen molar-refractivity contribution < 1.29 is 0 Å². The SMILES string of the molecule is CC1CC2C3CC(C)C(C3)N2C1. The van der Waals surface area contributed by atoms with Crippen molar-refractivity contribution in [2.75, 3.05) is 6.54 Å². The Kier molecular flexibility index (Phi) is 1.39. The van der Waals surface area contributed by atoms with Crippen LogP contribution in [0.5, 0.6) is 0 Å². The van der Waals surface area contributed by atoms with Crippen LogP contribution in [0.2, 0.25) is 0 Å². The summed E-state index contributed by atoms with van der Waals surface area (Å²) in [6.07, 6.45) is 4.55. The van der Waals surface area contributed by atoms with Crippen LogP contribution in [0.25, 0.3) is 0 Å². The van der Waals surface area contributed by atoms with Crippen LogP contribution in [0, 0.1) is 17.8 Å². The van der Waals surface area contributed by atoms with E-state index in [4.69, 9.17) is 0 Å². The van der Waals surface area contributed by atoms with Gasteiger partial charge in [-0.2, -0.15) is 0 Å². The number of nitrogens with zero attached hydrogens (tertiary/aromatic N) is 1. The van der Waals surface area contributed by atoms with Gasteiger partial charge < -0.3 is 0 Å². The first-order chi connectivity index (χ1) is 5.75. The Labute approximate surface area is 75.1 Å². The molecule has 1 heteroatoms. The maximum atomic E-state index is 2.82. The average Bonchev–Trinajstić information content (AvgIpc) is 2.57. The van der Waals surface area contributed by atoms with Crippen molar-refractivity contribution in [3.8, 4) is 0 Å². The summed E-state index contributed by atoms with van der Waals surface area (Å²) >= 11 is 0. The third-order valence-electron chi connectivity index (χ3n) is 4.44. The molecule has 5 unspecified atom stereocenters. The maximum Gasteiger partial charge on any atom is 0.0130 e. The molecule has 0 amide bonds. The highest BCUT2D eigenvalue weighted by molar-refractivity contribution is 5.06. The van der Waals surface area contributed by atoms with Gasteiger partial charge in [-0.3, -0.25) is 4.90 Å². The normalized spacial score (nSPS) is 58.0. The fraction of sp³-hybridized carbons (Fsp3) is 1.00. The highest BCUT2D eigenvalue weighted by atomic mass is 15.3. The molecule has 0 N–H and O–H groups in total. The largest absolute Gasteiger partial charge is 0.297 e. The Morgan fingerprint density at radius 3 is 2.67 bits per heavy atom. The zero-order chi connectivity index (χ0) is 8.29. The Bertz CT molecular complexity index is 197. The molecule has 1 nitrogen and oxygen atoms in total. The molecular formula is C11H19N. The van der Waals surface area contributed by atoms with Gasteiger partial charge in [-0.05, 0) is 37.0 Å². The first-order valence-corrected chi connectivity index (χ1v) is 5.51. The van der Waals surface area contributed by atoms with Crippen molar-refractivity contribution in [1.29, 1.82) is 0 Å². The molecular weight excluding hydrogens is 146 g/mol. The molecule has 1 aliphatic carbocycles. The number of hydrogen-bond acceptors (Lipinski definition) is 1. The first-order valence-electron chi connectivity index (χ1n) is 5.51. The molecule has 2 aliphatic heterocycles. The minimum Gasteiger partial charge on any atom is -0.297 e. The Morgan fingerprint density at radius 2 is 1.83 bits per heavy atom. The molecule has 0 aromatic rings. The van der Waals surface area contributed by atoms with E-state index in [0.717, 1.165) is 29.8 Å². The molecule has 5 atom stereocenters. The van der Waals surface area contributed by atoms with Crippen LogP contribution >= 0.6 is 0 Å². The van der Waals surface area contributed by atoms with Gasteiger partial charge in [-0.15, -0.1) is 0 Å². The minimum absolute atomic E-state index is 0.977. The van der Waals surface area contributed by atoms with Gasteiger partial charge in [0.25, 0.3) is 0 Å². The van der Waals surface area contributed by atoms with Crippen LogP contribution in [-0.4, -0.2) is 23.5 Å².